The van der Waals surface area contributed by atoms with Gasteiger partial charge >= 0.3 is 0 Å². The van der Waals surface area contributed by atoms with E-state index in [1.807, 2.05) is 0 Å². The van der Waals surface area contributed by atoms with Gasteiger partial charge in [-0.3, -0.25) is 0 Å². The van der Waals surface area contributed by atoms with Crippen molar-refractivity contribution in [3.05, 3.63) is 0 Å². The van der Waals surface area contributed by atoms with Crippen LogP contribution in [0.4, 0.5) is 0 Å². The molecular weight excluding hydrogens is 247 g/mol. The van der Waals surface area contributed by atoms with Crippen LogP contribution in [0.1, 0.15) is 71.1 Å². The maximum atomic E-state index is 2.40. The minimum absolute atomic E-state index is 0.402. The average Bonchev–Trinajstić information content (AvgIpc) is 3.19. The molecule has 0 aromatic heterocycles. The molecule has 0 aliphatic heterocycles. The van der Waals surface area contributed by atoms with Gasteiger partial charge in [0, 0.05) is 0 Å². The summed E-state index contributed by atoms with van der Waals surface area (Å²) in [6.07, 6.45) is 17.6. The number of hydrogen-bond donors (Lipinski definition) is 0. The van der Waals surface area contributed by atoms with Crippen LogP contribution in [0.15, 0.2) is 0 Å². The van der Waals surface area contributed by atoms with Gasteiger partial charge in [-0.1, -0.05) is 34.1 Å². The molecule has 19 heavy (non-hydrogen) atoms. The molecule has 0 spiro atoms. The number of unbranched alkanes of at least 4 members (excludes halogenated alkanes) is 1. The zero-order valence-corrected chi connectivity index (χ0v) is 13.6. The fourth-order valence-corrected chi connectivity index (χ4v) is 10.8. The minimum Gasteiger partial charge on any atom is -0.0998 e. The minimum atomic E-state index is 0.402. The van der Waals surface area contributed by atoms with Crippen LogP contribution in [0.25, 0.3) is 0 Å². The third kappa shape index (κ3) is 2.31. The second-order valence-electron chi connectivity index (χ2n) is 8.08. The maximum Gasteiger partial charge on any atom is -0.0176 e. The van der Waals surface area contributed by atoms with Crippen LogP contribution >= 0.6 is 7.92 Å². The smallest absolute Gasteiger partial charge is 0.0176 e. The fourth-order valence-electron chi connectivity index (χ4n) is 6.15. The van der Waals surface area contributed by atoms with Gasteiger partial charge in [-0.15, -0.1) is 0 Å². The van der Waals surface area contributed by atoms with E-state index in [9.17, 15) is 0 Å². The van der Waals surface area contributed by atoms with Crippen LogP contribution in [0.5, 0.6) is 0 Å². The van der Waals surface area contributed by atoms with Crippen molar-refractivity contribution in [1.29, 1.82) is 0 Å². The van der Waals surface area contributed by atoms with Crippen molar-refractivity contribution in [1.82, 2.24) is 0 Å². The Labute approximate surface area is 120 Å². The molecule has 0 nitrogen and oxygen atoms in total. The monoisotopic (exact) mass is 278 g/mol. The second kappa shape index (κ2) is 5.32. The molecule has 4 aliphatic rings. The van der Waals surface area contributed by atoms with Crippen LogP contribution in [0, 0.1) is 23.7 Å². The van der Waals surface area contributed by atoms with Crippen molar-refractivity contribution < 1.29 is 0 Å². The zero-order chi connectivity index (χ0) is 12.8. The number of rotatable bonds is 5. The summed E-state index contributed by atoms with van der Waals surface area (Å²) >= 11 is 0. The lowest BCUT2D eigenvalue weighted by atomic mass is 9.99. The first kappa shape index (κ1) is 13.1. The van der Waals surface area contributed by atoms with E-state index < -0.39 is 0 Å². The number of hydrogen-bond acceptors (Lipinski definition) is 0. The van der Waals surface area contributed by atoms with Crippen molar-refractivity contribution in [2.45, 2.75) is 82.4 Å². The molecule has 0 heterocycles. The Hall–Kier alpha value is 0.430. The summed E-state index contributed by atoms with van der Waals surface area (Å²) in [6.45, 7) is 2.40. The van der Waals surface area contributed by atoms with Crippen LogP contribution in [0.3, 0.4) is 0 Å². The molecule has 4 saturated carbocycles. The van der Waals surface area contributed by atoms with Gasteiger partial charge in [0.2, 0.25) is 0 Å². The SMILES string of the molecule is CCCCP(C1CC2CCC1C2)C1CC2CCC1C2. The fraction of sp³-hybridized carbons (Fsp3) is 1.00. The van der Waals surface area contributed by atoms with E-state index in [1.54, 1.807) is 57.5 Å². The lowest BCUT2D eigenvalue weighted by Gasteiger charge is -2.39. The first-order valence-corrected chi connectivity index (χ1v) is 10.8. The van der Waals surface area contributed by atoms with Crippen molar-refractivity contribution >= 4 is 7.92 Å². The summed E-state index contributed by atoms with van der Waals surface area (Å²) < 4.78 is 0. The molecular formula is C18H31P. The summed E-state index contributed by atoms with van der Waals surface area (Å²) in [5.41, 5.74) is 2.45. The summed E-state index contributed by atoms with van der Waals surface area (Å²) in [7, 11) is 0.402. The van der Waals surface area contributed by atoms with E-state index in [0.29, 0.717) is 7.92 Å². The Morgan fingerprint density at radius 1 is 0.789 bits per heavy atom. The van der Waals surface area contributed by atoms with Crippen molar-refractivity contribution in [2.75, 3.05) is 6.16 Å². The quantitative estimate of drug-likeness (QED) is 0.570. The molecule has 0 aromatic carbocycles. The largest absolute Gasteiger partial charge is 0.0998 e. The highest BCUT2D eigenvalue weighted by Gasteiger charge is 2.49. The van der Waals surface area contributed by atoms with E-state index in [4.69, 9.17) is 0 Å². The Morgan fingerprint density at radius 2 is 1.37 bits per heavy atom. The molecule has 1 heteroatoms. The average molecular weight is 278 g/mol. The lowest BCUT2D eigenvalue weighted by molar-refractivity contribution is 0.460. The maximum absolute atomic E-state index is 2.40. The second-order valence-corrected chi connectivity index (χ2v) is 10.9. The van der Waals surface area contributed by atoms with Gasteiger partial charge in [0.15, 0.2) is 0 Å². The molecule has 0 N–H and O–H groups in total. The molecule has 6 unspecified atom stereocenters. The van der Waals surface area contributed by atoms with Crippen LogP contribution in [0.2, 0.25) is 0 Å². The molecule has 4 rings (SSSR count). The van der Waals surface area contributed by atoms with E-state index in [2.05, 4.69) is 6.92 Å². The number of fused-ring (bicyclic) bond motifs is 4. The van der Waals surface area contributed by atoms with Crippen LogP contribution in [-0.4, -0.2) is 17.5 Å². The van der Waals surface area contributed by atoms with Crippen molar-refractivity contribution in [3.8, 4) is 0 Å². The summed E-state index contributed by atoms with van der Waals surface area (Å²) in [4.78, 5) is 0. The lowest BCUT2D eigenvalue weighted by Crippen LogP contribution is -2.26. The van der Waals surface area contributed by atoms with E-state index >= 15 is 0 Å². The standard InChI is InChI=1S/C18H31P/c1-2-3-8-19(17-11-13-4-6-15(17)9-13)18-12-14-5-7-16(18)10-14/h13-18H,2-12H2,1H3. The summed E-state index contributed by atoms with van der Waals surface area (Å²) in [6, 6.07) is 0. The first-order chi connectivity index (χ1) is 9.35. The molecule has 0 aromatic rings. The highest BCUT2D eigenvalue weighted by atomic mass is 31.1. The van der Waals surface area contributed by atoms with Crippen LogP contribution in [-0.2, 0) is 0 Å². The van der Waals surface area contributed by atoms with Crippen LogP contribution < -0.4 is 0 Å². The van der Waals surface area contributed by atoms with E-state index in [-0.39, 0.29) is 0 Å². The predicted octanol–water partition coefficient (Wildman–Crippen LogP) is 5.65. The van der Waals surface area contributed by atoms with E-state index in [1.165, 1.54) is 47.8 Å². The Kier molecular flexibility index (Phi) is 3.68. The van der Waals surface area contributed by atoms with Gasteiger partial charge < -0.3 is 0 Å². The van der Waals surface area contributed by atoms with Gasteiger partial charge in [-0.2, -0.15) is 0 Å². The first-order valence-electron chi connectivity index (χ1n) is 9.11. The van der Waals surface area contributed by atoms with Gasteiger partial charge in [0.1, 0.15) is 0 Å². The molecule has 0 amide bonds. The van der Waals surface area contributed by atoms with Gasteiger partial charge in [-0.05, 0) is 86.1 Å². The third-order valence-corrected chi connectivity index (χ3v) is 10.8. The van der Waals surface area contributed by atoms with Gasteiger partial charge in [0.05, 0.1) is 0 Å². The molecule has 4 bridgehead atoms. The molecule has 0 saturated heterocycles. The Morgan fingerprint density at radius 3 is 1.74 bits per heavy atom. The molecule has 108 valence electrons. The highest BCUT2D eigenvalue weighted by molar-refractivity contribution is 7.59. The van der Waals surface area contributed by atoms with Gasteiger partial charge in [-0.25, -0.2) is 0 Å². The summed E-state index contributed by atoms with van der Waals surface area (Å²) in [5.74, 6) is 4.71. The zero-order valence-electron chi connectivity index (χ0n) is 12.7. The Balaban J connectivity index is 1.48. The van der Waals surface area contributed by atoms with Gasteiger partial charge in [0.25, 0.3) is 0 Å². The van der Waals surface area contributed by atoms with Crippen molar-refractivity contribution in [3.63, 3.8) is 0 Å². The molecule has 4 fully saturated rings. The molecule has 4 aliphatic carbocycles. The normalized spacial score (nSPS) is 49.1. The van der Waals surface area contributed by atoms with E-state index in [0.717, 1.165) is 0 Å². The highest BCUT2D eigenvalue weighted by Crippen LogP contribution is 2.67. The summed E-state index contributed by atoms with van der Waals surface area (Å²) in [5, 5.41) is 0. The predicted molar refractivity (Wildman–Crippen MR) is 85.2 cm³/mol. The third-order valence-electron chi connectivity index (χ3n) is 7.02. The molecule has 0 radical (unpaired) electrons. The topological polar surface area (TPSA) is 0 Å². The molecule has 6 atom stereocenters. The van der Waals surface area contributed by atoms with Crippen molar-refractivity contribution in [2.24, 2.45) is 23.7 Å². The Bertz CT molecular complexity index is 298.